The molecule has 0 spiro atoms. The molecule has 0 unspecified atom stereocenters. The van der Waals surface area contributed by atoms with Crippen LogP contribution in [-0.2, 0) is 14.2 Å². The number of nitrogens with zero attached hydrogens (tertiary/aromatic N) is 5. The van der Waals surface area contributed by atoms with Gasteiger partial charge in [0.05, 0.1) is 24.8 Å². The van der Waals surface area contributed by atoms with E-state index in [1.165, 1.54) is 6.33 Å². The second-order valence-electron chi connectivity index (χ2n) is 7.23. The van der Waals surface area contributed by atoms with Crippen LogP contribution in [0.4, 0.5) is 11.5 Å². The number of ether oxygens (including phenoxy) is 3. The van der Waals surface area contributed by atoms with E-state index in [4.69, 9.17) is 14.2 Å². The van der Waals surface area contributed by atoms with Crippen LogP contribution in [0.15, 0.2) is 37.2 Å². The van der Waals surface area contributed by atoms with Gasteiger partial charge in [-0.05, 0) is 26.0 Å². The van der Waals surface area contributed by atoms with Crippen molar-refractivity contribution < 1.29 is 19.3 Å². The van der Waals surface area contributed by atoms with Gasteiger partial charge in [-0.1, -0.05) is 0 Å². The van der Waals surface area contributed by atoms with Crippen molar-refractivity contribution in [3.8, 4) is 0 Å². The van der Waals surface area contributed by atoms with Crippen LogP contribution in [0, 0.1) is 0 Å². The highest BCUT2D eigenvalue weighted by molar-refractivity contribution is 5.85. The Morgan fingerprint density at radius 1 is 1.21 bits per heavy atom. The number of rotatable bonds is 4. The van der Waals surface area contributed by atoms with Crippen LogP contribution in [-0.4, -0.2) is 60.3 Å². The molecule has 0 aromatic carbocycles. The maximum absolute atomic E-state index is 9.69. The van der Waals surface area contributed by atoms with E-state index in [9.17, 15) is 5.11 Å². The van der Waals surface area contributed by atoms with Crippen LogP contribution in [0.2, 0.25) is 0 Å². The zero-order valence-electron chi connectivity index (χ0n) is 15.4. The Hall–Kier alpha value is -2.66. The molecular weight excluding hydrogens is 364 g/mol. The van der Waals surface area contributed by atoms with E-state index in [0.29, 0.717) is 17.0 Å². The Balaban J connectivity index is 1.51. The van der Waals surface area contributed by atoms with Crippen molar-refractivity contribution in [2.24, 2.45) is 0 Å². The molecule has 10 heteroatoms. The second-order valence-corrected chi connectivity index (χ2v) is 7.23. The molecule has 0 saturated carbocycles. The highest BCUT2D eigenvalue weighted by Crippen LogP contribution is 2.43. The molecule has 5 rings (SSSR count). The summed E-state index contributed by atoms with van der Waals surface area (Å²) in [4.78, 5) is 17.3. The predicted molar refractivity (Wildman–Crippen MR) is 97.7 cm³/mol. The van der Waals surface area contributed by atoms with Crippen LogP contribution in [0.1, 0.15) is 20.1 Å². The van der Waals surface area contributed by atoms with E-state index in [1.54, 1.807) is 23.3 Å². The van der Waals surface area contributed by atoms with Crippen LogP contribution >= 0.6 is 0 Å². The van der Waals surface area contributed by atoms with Crippen LogP contribution in [0.25, 0.3) is 11.2 Å². The first-order valence-electron chi connectivity index (χ1n) is 9.02. The number of imidazole rings is 1. The third-order valence-electron chi connectivity index (χ3n) is 4.86. The van der Waals surface area contributed by atoms with Gasteiger partial charge >= 0.3 is 0 Å². The molecule has 2 saturated heterocycles. The van der Waals surface area contributed by atoms with Gasteiger partial charge in [-0.2, -0.15) is 0 Å². The van der Waals surface area contributed by atoms with Crippen molar-refractivity contribution in [1.29, 1.82) is 0 Å². The normalized spacial score (nSPS) is 28.5. The van der Waals surface area contributed by atoms with Crippen molar-refractivity contribution in [2.45, 2.75) is 44.2 Å². The van der Waals surface area contributed by atoms with Crippen molar-refractivity contribution in [1.82, 2.24) is 24.5 Å². The molecule has 5 heterocycles. The molecule has 2 aliphatic rings. The smallest absolute Gasteiger partial charge is 0.167 e. The zero-order chi connectivity index (χ0) is 19.3. The van der Waals surface area contributed by atoms with E-state index in [2.05, 4.69) is 25.3 Å². The summed E-state index contributed by atoms with van der Waals surface area (Å²) in [5, 5.41) is 12.9. The fourth-order valence-electron chi connectivity index (χ4n) is 3.73. The lowest BCUT2D eigenvalue weighted by Gasteiger charge is -2.24. The summed E-state index contributed by atoms with van der Waals surface area (Å²) in [7, 11) is 0. The standard InChI is InChI=1S/C18H20N6O4/c1-18(2)27-13-11(7-25)26-17(14(13)28-18)24-9-22-12-15(20-8-21-16(12)24)23-10-4-3-5-19-6-10/h3-6,8-9,11,13-14,17,25H,7H2,1-2H3,(H,20,21,23)/t11-,13-,14-,17-/m1/s1. The number of aliphatic hydroxyl groups is 1. The Bertz CT molecular complexity index is 994. The third kappa shape index (κ3) is 2.81. The number of nitrogens with one attached hydrogen (secondary N) is 1. The maximum atomic E-state index is 9.69. The monoisotopic (exact) mass is 384 g/mol. The summed E-state index contributed by atoms with van der Waals surface area (Å²) in [5.74, 6) is -0.183. The predicted octanol–water partition coefficient (Wildman–Crippen LogP) is 1.37. The Labute approximate surface area is 160 Å². The fourth-order valence-corrected chi connectivity index (χ4v) is 3.73. The fraction of sp³-hybridized carbons (Fsp3) is 0.444. The van der Waals surface area contributed by atoms with Crippen molar-refractivity contribution in [2.75, 3.05) is 11.9 Å². The summed E-state index contributed by atoms with van der Waals surface area (Å²) >= 11 is 0. The van der Waals surface area contributed by atoms with Crippen LogP contribution in [0.3, 0.4) is 0 Å². The number of aliphatic hydroxyl groups excluding tert-OH is 1. The molecule has 0 aliphatic carbocycles. The SMILES string of the molecule is CC1(C)O[C@@H]2[C@H](O1)[C@@H](CO)O[C@H]2n1cnc2c(Nc3cccnc3)ncnc21. The van der Waals surface area contributed by atoms with Crippen molar-refractivity contribution >= 4 is 22.7 Å². The van der Waals surface area contributed by atoms with Gasteiger partial charge in [0.2, 0.25) is 0 Å². The molecule has 2 N–H and O–H groups in total. The highest BCUT2D eigenvalue weighted by Gasteiger charge is 2.55. The minimum Gasteiger partial charge on any atom is -0.394 e. The number of fused-ring (bicyclic) bond motifs is 2. The van der Waals surface area contributed by atoms with Crippen LogP contribution in [0.5, 0.6) is 0 Å². The van der Waals surface area contributed by atoms with Gasteiger partial charge in [0.25, 0.3) is 0 Å². The van der Waals surface area contributed by atoms with E-state index >= 15 is 0 Å². The molecule has 3 aromatic rings. The molecule has 0 radical (unpaired) electrons. The Morgan fingerprint density at radius 2 is 2.07 bits per heavy atom. The zero-order valence-corrected chi connectivity index (χ0v) is 15.4. The molecule has 28 heavy (non-hydrogen) atoms. The van der Waals surface area contributed by atoms with Gasteiger partial charge in [0.15, 0.2) is 29.0 Å². The van der Waals surface area contributed by atoms with E-state index in [-0.39, 0.29) is 18.8 Å². The van der Waals surface area contributed by atoms with Crippen molar-refractivity contribution in [3.05, 3.63) is 37.2 Å². The molecule has 3 aromatic heterocycles. The van der Waals surface area contributed by atoms with E-state index in [1.807, 2.05) is 26.0 Å². The number of hydrogen-bond acceptors (Lipinski definition) is 9. The van der Waals surface area contributed by atoms with Crippen LogP contribution < -0.4 is 5.32 Å². The lowest BCUT2D eigenvalue weighted by Crippen LogP contribution is -2.31. The van der Waals surface area contributed by atoms with Gasteiger partial charge < -0.3 is 24.6 Å². The van der Waals surface area contributed by atoms with E-state index in [0.717, 1.165) is 5.69 Å². The number of hydrogen-bond donors (Lipinski definition) is 2. The highest BCUT2D eigenvalue weighted by atomic mass is 16.8. The average Bonchev–Trinajstić information content (AvgIpc) is 3.33. The number of pyridine rings is 1. The first kappa shape index (κ1) is 17.4. The summed E-state index contributed by atoms with van der Waals surface area (Å²) < 4.78 is 19.8. The first-order valence-corrected chi connectivity index (χ1v) is 9.02. The Kier molecular flexibility index (Phi) is 4.02. The lowest BCUT2D eigenvalue weighted by molar-refractivity contribution is -0.199. The lowest BCUT2D eigenvalue weighted by atomic mass is 10.1. The minimum atomic E-state index is -0.747. The second kappa shape index (κ2) is 6.45. The Morgan fingerprint density at radius 3 is 2.86 bits per heavy atom. The van der Waals surface area contributed by atoms with Gasteiger partial charge in [-0.3, -0.25) is 9.55 Å². The molecule has 4 atom stereocenters. The quantitative estimate of drug-likeness (QED) is 0.688. The molecule has 0 bridgehead atoms. The molecule has 2 fully saturated rings. The summed E-state index contributed by atoms with van der Waals surface area (Å²) in [5.41, 5.74) is 1.98. The van der Waals surface area contributed by atoms with Gasteiger partial charge in [0.1, 0.15) is 24.6 Å². The van der Waals surface area contributed by atoms with Gasteiger partial charge in [-0.15, -0.1) is 0 Å². The third-order valence-corrected chi connectivity index (χ3v) is 4.86. The molecule has 146 valence electrons. The summed E-state index contributed by atoms with van der Waals surface area (Å²) in [6.07, 6.45) is 4.76. The summed E-state index contributed by atoms with van der Waals surface area (Å²) in [6.45, 7) is 3.54. The van der Waals surface area contributed by atoms with Gasteiger partial charge in [0, 0.05) is 6.20 Å². The summed E-state index contributed by atoms with van der Waals surface area (Å²) in [6, 6.07) is 3.72. The first-order chi connectivity index (χ1) is 13.6. The molecule has 2 aliphatic heterocycles. The topological polar surface area (TPSA) is 116 Å². The van der Waals surface area contributed by atoms with Gasteiger partial charge in [-0.25, -0.2) is 15.0 Å². The maximum Gasteiger partial charge on any atom is 0.167 e. The molecule has 10 nitrogen and oxygen atoms in total. The average molecular weight is 384 g/mol. The molecule has 0 amide bonds. The minimum absolute atomic E-state index is 0.160. The number of anilines is 2. The largest absolute Gasteiger partial charge is 0.394 e. The van der Waals surface area contributed by atoms with Crippen molar-refractivity contribution in [3.63, 3.8) is 0 Å². The molecular formula is C18H20N6O4. The van der Waals surface area contributed by atoms with E-state index < -0.39 is 18.1 Å². The number of aromatic nitrogens is 5.